The van der Waals surface area contributed by atoms with Gasteiger partial charge in [-0.2, -0.15) is 0 Å². The maximum Gasteiger partial charge on any atom is 0.161 e. The second-order valence-corrected chi connectivity index (χ2v) is 5.86. The zero-order valence-electron chi connectivity index (χ0n) is 11.1. The number of aliphatic imine (C=N–C) groups is 1. The SMILES string of the molecule is CCC(CC)C1CN=C(Nc2cc(F)ccc2F)S1. The van der Waals surface area contributed by atoms with Crippen molar-refractivity contribution in [3.63, 3.8) is 0 Å². The van der Waals surface area contributed by atoms with Crippen LogP contribution in [-0.4, -0.2) is 17.0 Å². The Kier molecular flexibility index (Phi) is 4.80. The van der Waals surface area contributed by atoms with E-state index < -0.39 is 11.6 Å². The van der Waals surface area contributed by atoms with Gasteiger partial charge in [0.1, 0.15) is 11.6 Å². The molecule has 19 heavy (non-hydrogen) atoms. The van der Waals surface area contributed by atoms with E-state index in [0.717, 1.165) is 37.6 Å². The van der Waals surface area contributed by atoms with E-state index in [1.807, 2.05) is 0 Å². The molecule has 1 heterocycles. The first-order valence-electron chi connectivity index (χ1n) is 6.57. The van der Waals surface area contributed by atoms with Crippen LogP contribution >= 0.6 is 11.8 Å². The summed E-state index contributed by atoms with van der Waals surface area (Å²) < 4.78 is 26.6. The summed E-state index contributed by atoms with van der Waals surface area (Å²) in [5, 5.41) is 4.00. The normalized spacial score (nSPS) is 18.8. The minimum Gasteiger partial charge on any atom is -0.332 e. The molecule has 104 valence electrons. The molecular weight excluding hydrogens is 266 g/mol. The van der Waals surface area contributed by atoms with E-state index >= 15 is 0 Å². The number of amidine groups is 1. The second kappa shape index (κ2) is 6.37. The van der Waals surface area contributed by atoms with Gasteiger partial charge in [0, 0.05) is 11.3 Å². The smallest absolute Gasteiger partial charge is 0.161 e. The van der Waals surface area contributed by atoms with Crippen molar-refractivity contribution in [1.82, 2.24) is 0 Å². The van der Waals surface area contributed by atoms with E-state index in [0.29, 0.717) is 16.3 Å². The van der Waals surface area contributed by atoms with Gasteiger partial charge in [0.2, 0.25) is 0 Å². The molecule has 0 spiro atoms. The van der Waals surface area contributed by atoms with Gasteiger partial charge in [-0.1, -0.05) is 38.5 Å². The van der Waals surface area contributed by atoms with Crippen molar-refractivity contribution in [2.75, 3.05) is 11.9 Å². The number of thioether (sulfide) groups is 1. The molecule has 0 radical (unpaired) electrons. The number of nitrogens with one attached hydrogen (secondary N) is 1. The summed E-state index contributed by atoms with van der Waals surface area (Å²) in [6.45, 7) is 5.09. The van der Waals surface area contributed by atoms with E-state index in [9.17, 15) is 8.78 Å². The fourth-order valence-corrected chi connectivity index (χ4v) is 3.56. The summed E-state index contributed by atoms with van der Waals surface area (Å²) in [4.78, 5) is 4.38. The molecule has 2 nitrogen and oxygen atoms in total. The molecular formula is C14H18F2N2S. The fraction of sp³-hybridized carbons (Fsp3) is 0.500. The molecule has 5 heteroatoms. The molecule has 1 unspecified atom stereocenters. The summed E-state index contributed by atoms with van der Waals surface area (Å²) in [5.41, 5.74) is 0.149. The largest absolute Gasteiger partial charge is 0.332 e. The van der Waals surface area contributed by atoms with Crippen molar-refractivity contribution in [2.24, 2.45) is 10.9 Å². The molecule has 0 amide bonds. The Hall–Kier alpha value is -1.10. The van der Waals surface area contributed by atoms with Gasteiger partial charge in [-0.25, -0.2) is 8.78 Å². The van der Waals surface area contributed by atoms with Gasteiger partial charge in [-0.05, 0) is 18.1 Å². The van der Waals surface area contributed by atoms with Crippen LogP contribution in [0.1, 0.15) is 26.7 Å². The topological polar surface area (TPSA) is 24.4 Å². The molecule has 1 N–H and O–H groups in total. The van der Waals surface area contributed by atoms with Crippen LogP contribution in [0.2, 0.25) is 0 Å². The summed E-state index contributed by atoms with van der Waals surface area (Å²) in [6, 6.07) is 3.39. The zero-order valence-corrected chi connectivity index (χ0v) is 11.9. The van der Waals surface area contributed by atoms with Crippen molar-refractivity contribution in [1.29, 1.82) is 0 Å². The molecule has 0 aliphatic carbocycles. The van der Waals surface area contributed by atoms with Crippen molar-refractivity contribution >= 4 is 22.6 Å². The third-order valence-corrected chi connectivity index (χ3v) is 4.71. The summed E-state index contributed by atoms with van der Waals surface area (Å²) in [6.07, 6.45) is 2.23. The highest BCUT2D eigenvalue weighted by Crippen LogP contribution is 2.31. The minimum absolute atomic E-state index is 0.149. The number of hydrogen-bond donors (Lipinski definition) is 1. The molecule has 0 saturated heterocycles. The minimum atomic E-state index is -0.462. The van der Waals surface area contributed by atoms with E-state index in [1.165, 1.54) is 0 Å². The molecule has 1 aromatic rings. The average Bonchev–Trinajstić information content (AvgIpc) is 2.84. The lowest BCUT2D eigenvalue weighted by atomic mass is 9.99. The predicted molar refractivity (Wildman–Crippen MR) is 77.7 cm³/mol. The Morgan fingerprint density at radius 1 is 1.37 bits per heavy atom. The second-order valence-electron chi connectivity index (χ2n) is 4.63. The van der Waals surface area contributed by atoms with Gasteiger partial charge < -0.3 is 5.32 Å². The van der Waals surface area contributed by atoms with Crippen LogP contribution < -0.4 is 5.32 Å². The van der Waals surface area contributed by atoms with Crippen molar-refractivity contribution < 1.29 is 8.78 Å². The molecule has 2 rings (SSSR count). The standard InChI is InChI=1S/C14H18F2N2S/c1-3-9(4-2)13-8-17-14(19-13)18-12-7-10(15)5-6-11(12)16/h5-7,9,13H,3-4,8H2,1-2H3,(H,17,18). The monoisotopic (exact) mass is 284 g/mol. The molecule has 1 aromatic carbocycles. The molecule has 1 aliphatic rings. The molecule has 1 atom stereocenters. The molecule has 0 bridgehead atoms. The Balaban J connectivity index is 2.00. The maximum absolute atomic E-state index is 13.5. The van der Waals surface area contributed by atoms with Crippen LogP contribution in [0.4, 0.5) is 14.5 Å². The van der Waals surface area contributed by atoms with Crippen LogP contribution in [-0.2, 0) is 0 Å². The molecule has 0 fully saturated rings. The number of hydrogen-bond acceptors (Lipinski definition) is 3. The van der Waals surface area contributed by atoms with Gasteiger partial charge in [0.15, 0.2) is 5.17 Å². The highest BCUT2D eigenvalue weighted by molar-refractivity contribution is 8.15. The fourth-order valence-electron chi connectivity index (χ4n) is 2.23. The van der Waals surface area contributed by atoms with E-state index in [4.69, 9.17) is 0 Å². The van der Waals surface area contributed by atoms with Crippen LogP contribution in [0, 0.1) is 17.6 Å². The zero-order chi connectivity index (χ0) is 13.8. The molecule has 0 saturated carbocycles. The Bertz CT molecular complexity index is 473. The van der Waals surface area contributed by atoms with Crippen LogP contribution in [0.15, 0.2) is 23.2 Å². The highest BCUT2D eigenvalue weighted by atomic mass is 32.2. The first-order chi connectivity index (χ1) is 9.13. The average molecular weight is 284 g/mol. The number of benzene rings is 1. The lowest BCUT2D eigenvalue weighted by Gasteiger charge is -2.18. The van der Waals surface area contributed by atoms with Crippen molar-refractivity contribution in [2.45, 2.75) is 31.9 Å². The van der Waals surface area contributed by atoms with E-state index in [2.05, 4.69) is 24.2 Å². The first kappa shape index (κ1) is 14.3. The number of halogens is 2. The van der Waals surface area contributed by atoms with Gasteiger partial charge in [-0.3, -0.25) is 4.99 Å². The van der Waals surface area contributed by atoms with Crippen LogP contribution in [0.25, 0.3) is 0 Å². The summed E-state index contributed by atoms with van der Waals surface area (Å²) >= 11 is 1.63. The highest BCUT2D eigenvalue weighted by Gasteiger charge is 2.26. The van der Waals surface area contributed by atoms with Gasteiger partial charge >= 0.3 is 0 Å². The molecule has 0 aromatic heterocycles. The third-order valence-electron chi connectivity index (χ3n) is 3.42. The van der Waals surface area contributed by atoms with E-state index in [1.54, 1.807) is 11.8 Å². The van der Waals surface area contributed by atoms with Crippen LogP contribution in [0.3, 0.4) is 0 Å². The Labute approximate surface area is 116 Å². The maximum atomic E-state index is 13.5. The van der Waals surface area contributed by atoms with Crippen molar-refractivity contribution in [3.05, 3.63) is 29.8 Å². The quantitative estimate of drug-likeness (QED) is 0.892. The van der Waals surface area contributed by atoms with Gasteiger partial charge in [-0.15, -0.1) is 0 Å². The van der Waals surface area contributed by atoms with Crippen molar-refractivity contribution in [3.8, 4) is 0 Å². The van der Waals surface area contributed by atoms with Gasteiger partial charge in [0.25, 0.3) is 0 Å². The number of anilines is 1. The number of rotatable bonds is 4. The molecule has 1 aliphatic heterocycles. The van der Waals surface area contributed by atoms with E-state index in [-0.39, 0.29) is 5.69 Å². The third kappa shape index (κ3) is 3.47. The summed E-state index contributed by atoms with van der Waals surface area (Å²) in [5.74, 6) is -0.301. The summed E-state index contributed by atoms with van der Waals surface area (Å²) in [7, 11) is 0. The first-order valence-corrected chi connectivity index (χ1v) is 7.45. The van der Waals surface area contributed by atoms with Crippen LogP contribution in [0.5, 0.6) is 0 Å². The lowest BCUT2D eigenvalue weighted by Crippen LogP contribution is -2.17. The Morgan fingerprint density at radius 3 is 2.79 bits per heavy atom. The predicted octanol–water partition coefficient (Wildman–Crippen LogP) is 4.28. The lowest BCUT2D eigenvalue weighted by molar-refractivity contribution is 0.479. The van der Waals surface area contributed by atoms with Gasteiger partial charge in [0.05, 0.1) is 12.2 Å². The number of nitrogens with zero attached hydrogens (tertiary/aromatic N) is 1. The Morgan fingerprint density at radius 2 is 2.11 bits per heavy atom.